The van der Waals surface area contributed by atoms with E-state index >= 15 is 0 Å². The van der Waals surface area contributed by atoms with Crippen LogP contribution in [0.2, 0.25) is 0 Å². The number of carbonyl (C=O) groups excluding carboxylic acids is 1. The first kappa shape index (κ1) is 14.3. The van der Waals surface area contributed by atoms with Crippen LogP contribution in [-0.2, 0) is 0 Å². The van der Waals surface area contributed by atoms with Gasteiger partial charge in [-0.25, -0.2) is 0 Å². The summed E-state index contributed by atoms with van der Waals surface area (Å²) in [5.41, 5.74) is 1.76. The zero-order valence-electron chi connectivity index (χ0n) is 11.4. The average Bonchev–Trinajstić information content (AvgIpc) is 2.36. The molecule has 3 nitrogen and oxygen atoms in total. The third-order valence-electron chi connectivity index (χ3n) is 2.75. The number of anilines is 1. The van der Waals surface area contributed by atoms with Crippen molar-refractivity contribution in [2.24, 2.45) is 0 Å². The highest BCUT2D eigenvalue weighted by Gasteiger charge is 2.07. The van der Waals surface area contributed by atoms with Crippen molar-refractivity contribution in [2.45, 2.75) is 25.8 Å². The Bertz CT molecular complexity index is 395. The normalized spacial score (nSPS) is 11.7. The van der Waals surface area contributed by atoms with Gasteiger partial charge in [-0.15, -0.1) is 6.58 Å². The summed E-state index contributed by atoms with van der Waals surface area (Å²) in [6.45, 7) is 5.86. The summed E-state index contributed by atoms with van der Waals surface area (Å²) in [5, 5.41) is 3.40. The smallest absolute Gasteiger partial charge is 0.253 e. The van der Waals surface area contributed by atoms with Crippen LogP contribution in [0.25, 0.3) is 0 Å². The molecular formula is C15H22N2O. The number of allylic oxidation sites excluding steroid dienone is 1. The van der Waals surface area contributed by atoms with Crippen LogP contribution >= 0.6 is 0 Å². The van der Waals surface area contributed by atoms with Crippen molar-refractivity contribution in [3.8, 4) is 0 Å². The molecule has 1 aromatic carbocycles. The minimum Gasteiger partial charge on any atom is -0.383 e. The first-order chi connectivity index (χ1) is 8.54. The summed E-state index contributed by atoms with van der Waals surface area (Å²) in [6.07, 6.45) is 3.99. The van der Waals surface area contributed by atoms with Crippen molar-refractivity contribution in [1.29, 1.82) is 0 Å². The third-order valence-corrected chi connectivity index (χ3v) is 2.75. The fourth-order valence-corrected chi connectivity index (χ4v) is 1.69. The molecule has 0 aliphatic rings. The predicted molar refractivity (Wildman–Crippen MR) is 77.0 cm³/mol. The molecule has 0 bridgehead atoms. The first-order valence-electron chi connectivity index (χ1n) is 6.23. The Kier molecular flexibility index (Phi) is 5.43. The molecule has 1 N–H and O–H groups in total. The van der Waals surface area contributed by atoms with E-state index in [1.54, 1.807) is 19.0 Å². The molecule has 0 fully saturated rings. The number of hydrogen-bond acceptors (Lipinski definition) is 2. The highest BCUT2D eigenvalue weighted by atomic mass is 16.2. The van der Waals surface area contributed by atoms with Gasteiger partial charge in [-0.1, -0.05) is 6.08 Å². The van der Waals surface area contributed by atoms with Gasteiger partial charge in [0.05, 0.1) is 0 Å². The quantitative estimate of drug-likeness (QED) is 0.782. The summed E-state index contributed by atoms with van der Waals surface area (Å²) in [5.74, 6) is 0.0289. The Morgan fingerprint density at radius 1 is 1.39 bits per heavy atom. The SMILES string of the molecule is C=CCCC(C)Nc1ccc(C(=O)N(C)C)cc1. The molecule has 98 valence electrons. The summed E-state index contributed by atoms with van der Waals surface area (Å²) in [7, 11) is 3.51. The van der Waals surface area contributed by atoms with Crippen LogP contribution in [0.15, 0.2) is 36.9 Å². The molecule has 1 aromatic rings. The second-order valence-corrected chi connectivity index (χ2v) is 4.69. The number of hydrogen-bond donors (Lipinski definition) is 1. The van der Waals surface area contributed by atoms with Gasteiger partial charge in [-0.3, -0.25) is 4.79 Å². The average molecular weight is 246 g/mol. The van der Waals surface area contributed by atoms with Gasteiger partial charge in [0.2, 0.25) is 0 Å². The van der Waals surface area contributed by atoms with E-state index < -0.39 is 0 Å². The molecule has 0 spiro atoms. The lowest BCUT2D eigenvalue weighted by molar-refractivity contribution is 0.0827. The minimum absolute atomic E-state index is 0.0289. The van der Waals surface area contributed by atoms with Crippen LogP contribution in [-0.4, -0.2) is 30.9 Å². The Labute approximate surface area is 109 Å². The van der Waals surface area contributed by atoms with Crippen molar-refractivity contribution in [2.75, 3.05) is 19.4 Å². The molecule has 0 heterocycles. The summed E-state index contributed by atoms with van der Waals surface area (Å²) >= 11 is 0. The molecule has 0 aliphatic carbocycles. The monoisotopic (exact) mass is 246 g/mol. The Hall–Kier alpha value is -1.77. The van der Waals surface area contributed by atoms with Crippen LogP contribution < -0.4 is 5.32 Å². The lowest BCUT2D eigenvalue weighted by Crippen LogP contribution is -2.21. The summed E-state index contributed by atoms with van der Waals surface area (Å²) < 4.78 is 0. The third kappa shape index (κ3) is 4.24. The molecule has 18 heavy (non-hydrogen) atoms. The number of rotatable bonds is 6. The van der Waals surface area contributed by atoms with E-state index in [1.807, 2.05) is 30.3 Å². The molecule has 0 saturated heterocycles. The van der Waals surface area contributed by atoms with Crippen LogP contribution in [0.5, 0.6) is 0 Å². The summed E-state index contributed by atoms with van der Waals surface area (Å²) in [4.78, 5) is 13.3. The highest BCUT2D eigenvalue weighted by Crippen LogP contribution is 2.13. The fourth-order valence-electron chi connectivity index (χ4n) is 1.69. The number of nitrogens with zero attached hydrogens (tertiary/aromatic N) is 1. The van der Waals surface area contributed by atoms with Crippen LogP contribution in [0, 0.1) is 0 Å². The van der Waals surface area contributed by atoms with E-state index in [1.165, 1.54) is 0 Å². The number of nitrogens with one attached hydrogen (secondary N) is 1. The highest BCUT2D eigenvalue weighted by molar-refractivity contribution is 5.94. The molecular weight excluding hydrogens is 224 g/mol. The van der Waals surface area contributed by atoms with Crippen molar-refractivity contribution in [1.82, 2.24) is 4.90 Å². The number of benzene rings is 1. The van der Waals surface area contributed by atoms with Crippen molar-refractivity contribution in [3.63, 3.8) is 0 Å². The predicted octanol–water partition coefficient (Wildman–Crippen LogP) is 3.16. The van der Waals surface area contributed by atoms with Gasteiger partial charge in [-0.05, 0) is 44.0 Å². The Morgan fingerprint density at radius 3 is 2.50 bits per heavy atom. The second kappa shape index (κ2) is 6.84. The largest absolute Gasteiger partial charge is 0.383 e. The van der Waals surface area contributed by atoms with Crippen LogP contribution in [0.3, 0.4) is 0 Å². The molecule has 0 saturated carbocycles. The van der Waals surface area contributed by atoms with Gasteiger partial charge >= 0.3 is 0 Å². The van der Waals surface area contributed by atoms with Gasteiger partial charge in [0.15, 0.2) is 0 Å². The van der Waals surface area contributed by atoms with Crippen molar-refractivity contribution < 1.29 is 4.79 Å². The number of carbonyl (C=O) groups is 1. The van der Waals surface area contributed by atoms with Crippen molar-refractivity contribution in [3.05, 3.63) is 42.5 Å². The zero-order valence-corrected chi connectivity index (χ0v) is 11.4. The maximum atomic E-state index is 11.7. The van der Waals surface area contributed by atoms with Gasteiger partial charge in [0.25, 0.3) is 5.91 Å². The standard InChI is InChI=1S/C15H22N2O/c1-5-6-7-12(2)16-14-10-8-13(9-11-14)15(18)17(3)4/h5,8-12,16H,1,6-7H2,2-4H3. The van der Waals surface area contributed by atoms with E-state index in [4.69, 9.17) is 0 Å². The molecule has 3 heteroatoms. The van der Waals surface area contributed by atoms with Crippen LogP contribution in [0.1, 0.15) is 30.1 Å². The topological polar surface area (TPSA) is 32.3 Å². The molecule has 0 aliphatic heterocycles. The number of amides is 1. The Morgan fingerprint density at radius 2 is 2.00 bits per heavy atom. The van der Waals surface area contributed by atoms with E-state index in [2.05, 4.69) is 18.8 Å². The van der Waals surface area contributed by atoms with Gasteiger partial charge < -0.3 is 10.2 Å². The second-order valence-electron chi connectivity index (χ2n) is 4.69. The Balaban J connectivity index is 2.60. The molecule has 0 aromatic heterocycles. The molecule has 0 radical (unpaired) electrons. The van der Waals surface area contributed by atoms with Gasteiger partial charge in [0.1, 0.15) is 0 Å². The van der Waals surface area contributed by atoms with Crippen LogP contribution in [0.4, 0.5) is 5.69 Å². The van der Waals surface area contributed by atoms with E-state index in [0.29, 0.717) is 11.6 Å². The summed E-state index contributed by atoms with van der Waals surface area (Å²) in [6, 6.07) is 8.00. The van der Waals surface area contributed by atoms with Gasteiger partial charge in [0, 0.05) is 31.4 Å². The minimum atomic E-state index is 0.0289. The molecule has 1 rings (SSSR count). The molecule has 1 atom stereocenters. The lowest BCUT2D eigenvalue weighted by atomic mass is 10.1. The first-order valence-corrected chi connectivity index (χ1v) is 6.23. The van der Waals surface area contributed by atoms with Gasteiger partial charge in [-0.2, -0.15) is 0 Å². The van der Waals surface area contributed by atoms with E-state index in [0.717, 1.165) is 18.5 Å². The lowest BCUT2D eigenvalue weighted by Gasteiger charge is -2.15. The maximum Gasteiger partial charge on any atom is 0.253 e. The van der Waals surface area contributed by atoms with E-state index in [-0.39, 0.29) is 5.91 Å². The maximum absolute atomic E-state index is 11.7. The van der Waals surface area contributed by atoms with Crippen molar-refractivity contribution >= 4 is 11.6 Å². The fraction of sp³-hybridized carbons (Fsp3) is 0.400. The zero-order chi connectivity index (χ0) is 13.5. The molecule has 1 unspecified atom stereocenters. The van der Waals surface area contributed by atoms with E-state index in [9.17, 15) is 4.79 Å². The molecule has 1 amide bonds.